The highest BCUT2D eigenvalue weighted by molar-refractivity contribution is 9.10. The normalized spacial score (nSPS) is 10.4. The second-order valence-corrected chi connectivity index (χ2v) is 3.50. The van der Waals surface area contributed by atoms with Crippen LogP contribution in [0.15, 0.2) is 38.3 Å². The van der Waals surface area contributed by atoms with Gasteiger partial charge in [0.05, 0.1) is 5.69 Å². The van der Waals surface area contributed by atoms with Crippen molar-refractivity contribution in [2.75, 3.05) is 0 Å². The molecule has 0 aliphatic heterocycles. The van der Waals surface area contributed by atoms with Gasteiger partial charge in [0.1, 0.15) is 0 Å². The Morgan fingerprint density at radius 3 is 2.21 bits per heavy atom. The summed E-state index contributed by atoms with van der Waals surface area (Å²) >= 11 is 3.26. The van der Waals surface area contributed by atoms with Gasteiger partial charge in [0.15, 0.2) is 0 Å². The fraction of sp³-hybridized carbons (Fsp3) is 0. The van der Waals surface area contributed by atoms with Crippen molar-refractivity contribution in [2.24, 2.45) is 0 Å². The first-order chi connectivity index (χ1) is 6.70. The zero-order valence-corrected chi connectivity index (χ0v) is 8.54. The molecule has 2 rings (SSSR count). The van der Waals surface area contributed by atoms with Crippen LogP contribution in [0.3, 0.4) is 0 Å². The van der Waals surface area contributed by atoms with E-state index in [0.29, 0.717) is 10.2 Å². The van der Waals surface area contributed by atoms with Gasteiger partial charge in [-0.1, -0.05) is 12.1 Å². The molecule has 0 aliphatic rings. The van der Waals surface area contributed by atoms with E-state index in [-0.39, 0.29) is 0 Å². The van der Waals surface area contributed by atoms with Crippen LogP contribution in [0.25, 0.3) is 5.69 Å². The molecule has 0 bridgehead atoms. The summed E-state index contributed by atoms with van der Waals surface area (Å²) in [4.78, 5) is 22.5. The van der Waals surface area contributed by atoms with Crippen LogP contribution < -0.4 is 11.4 Å². The third kappa shape index (κ3) is 1.33. The lowest BCUT2D eigenvalue weighted by Gasteiger charge is -2.00. The molecule has 2 N–H and O–H groups in total. The fourth-order valence-electron chi connectivity index (χ4n) is 1.16. The molecule has 0 unspecified atom stereocenters. The van der Waals surface area contributed by atoms with Gasteiger partial charge in [-0.25, -0.2) is 24.4 Å². The summed E-state index contributed by atoms with van der Waals surface area (Å²) in [5, 5.41) is 4.42. The van der Waals surface area contributed by atoms with E-state index < -0.39 is 11.4 Å². The number of halogens is 1. The van der Waals surface area contributed by atoms with Crippen molar-refractivity contribution in [1.29, 1.82) is 0 Å². The number of nitrogens with one attached hydrogen (secondary N) is 2. The number of aromatic amines is 2. The summed E-state index contributed by atoms with van der Waals surface area (Å²) in [5.74, 6) is 0. The Morgan fingerprint density at radius 2 is 1.64 bits per heavy atom. The van der Waals surface area contributed by atoms with Gasteiger partial charge in [0.2, 0.25) is 0 Å². The fourth-order valence-corrected chi connectivity index (χ4v) is 1.62. The van der Waals surface area contributed by atoms with Gasteiger partial charge in [0.25, 0.3) is 0 Å². The van der Waals surface area contributed by atoms with Crippen molar-refractivity contribution < 1.29 is 0 Å². The van der Waals surface area contributed by atoms with Crippen molar-refractivity contribution >= 4 is 15.9 Å². The summed E-state index contributed by atoms with van der Waals surface area (Å²) < 4.78 is 1.71. The van der Waals surface area contributed by atoms with Gasteiger partial charge in [-0.3, -0.25) is 0 Å². The lowest BCUT2D eigenvalue weighted by Crippen LogP contribution is -2.24. The van der Waals surface area contributed by atoms with Crippen LogP contribution in [-0.2, 0) is 0 Å². The van der Waals surface area contributed by atoms with E-state index in [0.717, 1.165) is 4.57 Å². The number of benzene rings is 1. The minimum atomic E-state index is -0.484. The van der Waals surface area contributed by atoms with Gasteiger partial charge in [0, 0.05) is 4.47 Å². The number of rotatable bonds is 1. The predicted octanol–water partition coefficient (Wildman–Crippen LogP) is 0.616. The molecule has 6 heteroatoms. The molecule has 0 radical (unpaired) electrons. The van der Waals surface area contributed by atoms with Crippen LogP contribution in [-0.4, -0.2) is 14.8 Å². The van der Waals surface area contributed by atoms with E-state index in [9.17, 15) is 9.59 Å². The monoisotopic (exact) mass is 255 g/mol. The van der Waals surface area contributed by atoms with Crippen LogP contribution in [0.5, 0.6) is 0 Å². The molecule has 0 spiro atoms. The summed E-state index contributed by atoms with van der Waals surface area (Å²) in [6, 6.07) is 6.99. The first-order valence-corrected chi connectivity index (χ1v) is 4.64. The molecular formula is C8H6BrN3O2. The maximum Gasteiger partial charge on any atom is 0.349 e. The van der Waals surface area contributed by atoms with Crippen LogP contribution in [0.4, 0.5) is 0 Å². The predicted molar refractivity (Wildman–Crippen MR) is 54.7 cm³/mol. The van der Waals surface area contributed by atoms with E-state index in [4.69, 9.17) is 0 Å². The number of hydrogen-bond acceptors (Lipinski definition) is 2. The van der Waals surface area contributed by atoms with Crippen molar-refractivity contribution in [2.45, 2.75) is 0 Å². The third-order valence-electron chi connectivity index (χ3n) is 1.78. The molecule has 72 valence electrons. The summed E-state index contributed by atoms with van der Waals surface area (Å²) in [6.07, 6.45) is 0. The Hall–Kier alpha value is -1.56. The van der Waals surface area contributed by atoms with Crippen LogP contribution in [0.2, 0.25) is 0 Å². The van der Waals surface area contributed by atoms with Crippen LogP contribution >= 0.6 is 15.9 Å². The van der Waals surface area contributed by atoms with E-state index in [1.54, 1.807) is 24.3 Å². The number of para-hydroxylation sites is 1. The Morgan fingerprint density at radius 1 is 1.07 bits per heavy atom. The van der Waals surface area contributed by atoms with Crippen molar-refractivity contribution in [3.63, 3.8) is 0 Å². The smallest absolute Gasteiger partial charge is 0.247 e. The van der Waals surface area contributed by atoms with Gasteiger partial charge in [-0.2, -0.15) is 0 Å². The van der Waals surface area contributed by atoms with E-state index in [1.807, 2.05) is 0 Å². The minimum absolute atomic E-state index is 0.484. The lowest BCUT2D eigenvalue weighted by atomic mass is 10.3. The van der Waals surface area contributed by atoms with Crippen LogP contribution in [0, 0.1) is 0 Å². The highest BCUT2D eigenvalue weighted by atomic mass is 79.9. The highest BCUT2D eigenvalue weighted by Crippen LogP contribution is 2.17. The molecule has 0 saturated carbocycles. The number of H-pyrrole nitrogens is 2. The molecule has 0 aliphatic carbocycles. The number of hydrogen-bond donors (Lipinski definition) is 2. The molecule has 5 nitrogen and oxygen atoms in total. The van der Waals surface area contributed by atoms with E-state index in [2.05, 4.69) is 26.1 Å². The van der Waals surface area contributed by atoms with Gasteiger partial charge < -0.3 is 0 Å². The Labute approximate surface area is 86.5 Å². The maximum absolute atomic E-state index is 11.2. The van der Waals surface area contributed by atoms with Crippen molar-refractivity contribution in [3.05, 3.63) is 49.7 Å². The first-order valence-electron chi connectivity index (χ1n) is 3.85. The molecule has 1 aromatic heterocycles. The van der Waals surface area contributed by atoms with Gasteiger partial charge in [-0.15, -0.1) is 0 Å². The highest BCUT2D eigenvalue weighted by Gasteiger charge is 2.07. The van der Waals surface area contributed by atoms with Crippen molar-refractivity contribution in [3.8, 4) is 5.69 Å². The average molecular weight is 256 g/mol. The second-order valence-electron chi connectivity index (χ2n) is 2.65. The largest absolute Gasteiger partial charge is 0.349 e. The Kier molecular flexibility index (Phi) is 2.12. The number of aromatic nitrogens is 3. The van der Waals surface area contributed by atoms with Gasteiger partial charge >= 0.3 is 11.4 Å². The second kappa shape index (κ2) is 3.30. The molecule has 0 amide bonds. The number of nitrogens with zero attached hydrogens (tertiary/aromatic N) is 1. The third-order valence-corrected chi connectivity index (χ3v) is 2.45. The quantitative estimate of drug-likeness (QED) is 0.785. The summed E-state index contributed by atoms with van der Waals surface area (Å²) in [6.45, 7) is 0. The topological polar surface area (TPSA) is 70.7 Å². The molecular weight excluding hydrogens is 250 g/mol. The molecule has 2 aromatic rings. The zero-order valence-electron chi connectivity index (χ0n) is 6.95. The maximum atomic E-state index is 11.2. The zero-order chi connectivity index (χ0) is 10.1. The molecule has 14 heavy (non-hydrogen) atoms. The Balaban J connectivity index is 2.79. The van der Waals surface area contributed by atoms with Crippen molar-refractivity contribution in [1.82, 2.24) is 14.8 Å². The lowest BCUT2D eigenvalue weighted by molar-refractivity contribution is 0.946. The standard InChI is InChI=1S/C8H6BrN3O2/c9-5-3-1-2-4-6(5)12-7(13)10-11-8(12)14/h1-4H,(H,10,13)(H,11,14). The molecule has 0 atom stereocenters. The summed E-state index contributed by atoms with van der Waals surface area (Å²) in [5.41, 5.74) is -0.455. The molecule has 0 saturated heterocycles. The average Bonchev–Trinajstić information content (AvgIpc) is 2.48. The van der Waals surface area contributed by atoms with Gasteiger partial charge in [-0.05, 0) is 28.1 Å². The first kappa shape index (κ1) is 9.01. The SMILES string of the molecule is O=c1[nH][nH]c(=O)n1-c1ccccc1Br. The Bertz CT molecular complexity index is 539. The van der Waals surface area contributed by atoms with E-state index in [1.165, 1.54) is 0 Å². The molecule has 1 heterocycles. The van der Waals surface area contributed by atoms with Crippen LogP contribution in [0.1, 0.15) is 0 Å². The van der Waals surface area contributed by atoms with E-state index >= 15 is 0 Å². The summed E-state index contributed by atoms with van der Waals surface area (Å²) in [7, 11) is 0. The molecule has 1 aromatic carbocycles. The minimum Gasteiger partial charge on any atom is -0.247 e. The molecule has 0 fully saturated rings.